The van der Waals surface area contributed by atoms with Crippen LogP contribution >= 0.6 is 0 Å². The molecule has 7 heteroatoms. The van der Waals surface area contributed by atoms with E-state index in [0.29, 0.717) is 18.5 Å². The number of rotatable bonds is 4. The van der Waals surface area contributed by atoms with Gasteiger partial charge in [0.15, 0.2) is 0 Å². The van der Waals surface area contributed by atoms with Crippen molar-refractivity contribution in [2.45, 2.75) is 26.3 Å². The van der Waals surface area contributed by atoms with Gasteiger partial charge in [0.25, 0.3) is 0 Å². The van der Waals surface area contributed by atoms with Crippen molar-refractivity contribution in [1.82, 2.24) is 15.1 Å². The lowest BCUT2D eigenvalue weighted by Gasteiger charge is -2.43. The number of benzene rings is 1. The second-order valence-corrected chi connectivity index (χ2v) is 7.74. The van der Waals surface area contributed by atoms with Crippen LogP contribution < -0.4 is 9.64 Å². The summed E-state index contributed by atoms with van der Waals surface area (Å²) in [6, 6.07) is 8.98. The fourth-order valence-electron chi connectivity index (χ4n) is 4.25. The van der Waals surface area contributed by atoms with E-state index in [2.05, 4.69) is 32.1 Å². The van der Waals surface area contributed by atoms with Crippen molar-refractivity contribution >= 4 is 6.01 Å². The molecule has 4 rings (SSSR count). The Labute approximate surface area is 160 Å². The average molecular weight is 372 g/mol. The quantitative estimate of drug-likeness (QED) is 0.817. The molecule has 1 aromatic heterocycles. The first-order valence-corrected chi connectivity index (χ1v) is 9.64. The summed E-state index contributed by atoms with van der Waals surface area (Å²) in [6.07, 6.45) is 2.34. The third-order valence-corrected chi connectivity index (χ3v) is 5.53. The Morgan fingerprint density at radius 2 is 2.00 bits per heavy atom. The first kappa shape index (κ1) is 18.3. The molecule has 0 bridgehead atoms. The summed E-state index contributed by atoms with van der Waals surface area (Å²) in [5.74, 6) is 1.51. The summed E-state index contributed by atoms with van der Waals surface area (Å²) in [7, 11) is 1.70. The van der Waals surface area contributed by atoms with Gasteiger partial charge in [-0.2, -0.15) is 0 Å². The van der Waals surface area contributed by atoms with Crippen molar-refractivity contribution < 1.29 is 13.9 Å². The molecular formula is C20H28N4O3. The van der Waals surface area contributed by atoms with Crippen molar-refractivity contribution in [1.29, 1.82) is 0 Å². The predicted molar refractivity (Wildman–Crippen MR) is 102 cm³/mol. The van der Waals surface area contributed by atoms with Crippen molar-refractivity contribution in [3.8, 4) is 5.75 Å². The molecule has 2 aromatic rings. The van der Waals surface area contributed by atoms with Crippen molar-refractivity contribution in [2.24, 2.45) is 5.41 Å². The van der Waals surface area contributed by atoms with Gasteiger partial charge in [0.05, 0.1) is 20.3 Å². The highest BCUT2D eigenvalue weighted by Gasteiger charge is 2.40. The van der Waals surface area contributed by atoms with Crippen molar-refractivity contribution in [3.05, 3.63) is 35.7 Å². The molecule has 27 heavy (non-hydrogen) atoms. The number of anilines is 1. The van der Waals surface area contributed by atoms with Crippen molar-refractivity contribution in [2.75, 3.05) is 51.4 Å². The summed E-state index contributed by atoms with van der Waals surface area (Å²) in [5, 5.41) is 8.21. The van der Waals surface area contributed by atoms with E-state index in [-0.39, 0.29) is 5.41 Å². The summed E-state index contributed by atoms with van der Waals surface area (Å²) < 4.78 is 16.9. The summed E-state index contributed by atoms with van der Waals surface area (Å²) >= 11 is 0. The maximum absolute atomic E-state index is 6.00. The fourth-order valence-corrected chi connectivity index (χ4v) is 4.25. The molecule has 0 saturated carbocycles. The van der Waals surface area contributed by atoms with Crippen LogP contribution in [-0.4, -0.2) is 61.6 Å². The molecule has 7 nitrogen and oxygen atoms in total. The van der Waals surface area contributed by atoms with Gasteiger partial charge in [-0.25, -0.2) is 0 Å². The van der Waals surface area contributed by atoms with Crippen LogP contribution in [0.15, 0.2) is 28.7 Å². The van der Waals surface area contributed by atoms with E-state index in [1.165, 1.54) is 12.0 Å². The standard InChI is InChI=1S/C20H28N4O3/c1-16-21-22-19(27-16)24-10-11-26-15-20(14-24)8-3-9-23(13-20)12-17-4-6-18(25-2)7-5-17/h4-7H,3,8-15H2,1-2H3/t20-/m1/s1. The van der Waals surface area contributed by atoms with E-state index in [0.717, 1.165) is 51.5 Å². The molecule has 1 aromatic carbocycles. The van der Waals surface area contributed by atoms with Gasteiger partial charge in [0.2, 0.25) is 5.89 Å². The number of hydrogen-bond donors (Lipinski definition) is 0. The highest BCUT2D eigenvalue weighted by atomic mass is 16.5. The number of ether oxygens (including phenoxy) is 2. The Kier molecular flexibility index (Phi) is 5.31. The van der Waals surface area contributed by atoms with Gasteiger partial charge in [0.1, 0.15) is 5.75 Å². The molecule has 3 heterocycles. The van der Waals surface area contributed by atoms with Gasteiger partial charge >= 0.3 is 6.01 Å². The minimum atomic E-state index is 0.101. The molecule has 2 fully saturated rings. The minimum Gasteiger partial charge on any atom is -0.497 e. The van der Waals surface area contributed by atoms with E-state index in [1.54, 1.807) is 7.11 Å². The van der Waals surface area contributed by atoms with E-state index >= 15 is 0 Å². The molecule has 1 spiro atoms. The number of nitrogens with zero attached hydrogens (tertiary/aromatic N) is 4. The Hall–Kier alpha value is -2.12. The van der Waals surface area contributed by atoms with Crippen LogP contribution in [0, 0.1) is 12.3 Å². The first-order valence-electron chi connectivity index (χ1n) is 9.64. The van der Waals surface area contributed by atoms with Crippen molar-refractivity contribution in [3.63, 3.8) is 0 Å². The van der Waals surface area contributed by atoms with Crippen LogP contribution in [0.25, 0.3) is 0 Å². The van der Waals surface area contributed by atoms with E-state index in [9.17, 15) is 0 Å². The highest BCUT2D eigenvalue weighted by Crippen LogP contribution is 2.35. The number of methoxy groups -OCH3 is 1. The van der Waals surface area contributed by atoms with Gasteiger partial charge < -0.3 is 18.8 Å². The van der Waals surface area contributed by atoms with Crippen LogP contribution in [0.4, 0.5) is 6.01 Å². The molecule has 0 amide bonds. The highest BCUT2D eigenvalue weighted by molar-refractivity contribution is 5.28. The molecule has 2 aliphatic heterocycles. The second-order valence-electron chi connectivity index (χ2n) is 7.74. The molecule has 1 atom stereocenters. The fraction of sp³-hybridized carbons (Fsp3) is 0.600. The SMILES string of the molecule is COc1ccc(CN2CCC[C@@]3(COCCN(c4nnc(C)o4)C3)C2)cc1. The zero-order valence-corrected chi connectivity index (χ0v) is 16.2. The third kappa shape index (κ3) is 4.25. The zero-order chi connectivity index (χ0) is 18.7. The molecule has 2 saturated heterocycles. The number of hydrogen-bond acceptors (Lipinski definition) is 7. The Morgan fingerprint density at radius 3 is 2.74 bits per heavy atom. The Balaban J connectivity index is 1.46. The predicted octanol–water partition coefficient (Wildman–Crippen LogP) is 2.51. The number of aryl methyl sites for hydroxylation is 1. The van der Waals surface area contributed by atoms with Gasteiger partial charge in [-0.3, -0.25) is 4.90 Å². The van der Waals surface area contributed by atoms with Gasteiger partial charge in [-0.1, -0.05) is 17.2 Å². The molecule has 146 valence electrons. The van der Waals surface area contributed by atoms with Crippen LogP contribution in [0.5, 0.6) is 5.75 Å². The van der Waals surface area contributed by atoms with Gasteiger partial charge in [-0.05, 0) is 37.1 Å². The maximum Gasteiger partial charge on any atom is 0.318 e. The molecule has 0 N–H and O–H groups in total. The first-order chi connectivity index (χ1) is 13.2. The smallest absolute Gasteiger partial charge is 0.318 e. The van der Waals surface area contributed by atoms with Crippen LogP contribution in [0.1, 0.15) is 24.3 Å². The average Bonchev–Trinajstić information content (AvgIpc) is 3.01. The topological polar surface area (TPSA) is 63.9 Å². The molecule has 2 aliphatic rings. The van der Waals surface area contributed by atoms with E-state index in [1.807, 2.05) is 19.1 Å². The monoisotopic (exact) mass is 372 g/mol. The summed E-state index contributed by atoms with van der Waals surface area (Å²) in [6.45, 7) is 8.09. The lowest BCUT2D eigenvalue weighted by atomic mass is 9.80. The van der Waals surface area contributed by atoms with Crippen LogP contribution in [-0.2, 0) is 11.3 Å². The van der Waals surface area contributed by atoms with Crippen LogP contribution in [0.2, 0.25) is 0 Å². The normalized spacial score (nSPS) is 24.1. The zero-order valence-electron chi connectivity index (χ0n) is 16.2. The van der Waals surface area contributed by atoms with E-state index in [4.69, 9.17) is 13.9 Å². The van der Waals surface area contributed by atoms with E-state index < -0.39 is 0 Å². The van der Waals surface area contributed by atoms with Gasteiger partial charge in [0, 0.05) is 38.5 Å². The molecule has 0 radical (unpaired) electrons. The lowest BCUT2D eigenvalue weighted by molar-refractivity contribution is 0.0105. The third-order valence-electron chi connectivity index (χ3n) is 5.53. The Bertz CT molecular complexity index is 748. The molecular weight excluding hydrogens is 344 g/mol. The lowest BCUT2D eigenvalue weighted by Crippen LogP contribution is -2.50. The Morgan fingerprint density at radius 1 is 1.15 bits per heavy atom. The number of likely N-dealkylation sites (tertiary alicyclic amines) is 1. The summed E-state index contributed by atoms with van der Waals surface area (Å²) in [4.78, 5) is 4.74. The number of piperidine rings is 1. The minimum absolute atomic E-state index is 0.101. The molecule has 0 aliphatic carbocycles. The van der Waals surface area contributed by atoms with Gasteiger partial charge in [-0.15, -0.1) is 5.10 Å². The maximum atomic E-state index is 6.00. The second kappa shape index (κ2) is 7.86. The molecule has 0 unspecified atom stereocenters. The number of aromatic nitrogens is 2. The largest absolute Gasteiger partial charge is 0.497 e. The summed E-state index contributed by atoms with van der Waals surface area (Å²) in [5.41, 5.74) is 1.41. The van der Waals surface area contributed by atoms with Crippen LogP contribution in [0.3, 0.4) is 0 Å².